The van der Waals surface area contributed by atoms with Crippen molar-refractivity contribution < 1.29 is 18.0 Å². The van der Waals surface area contributed by atoms with Gasteiger partial charge in [0.15, 0.2) is 0 Å². The van der Waals surface area contributed by atoms with Gasteiger partial charge in [-0.3, -0.25) is 4.79 Å². The second-order valence-corrected chi connectivity index (χ2v) is 5.94. The molecule has 1 saturated carbocycles. The standard InChI is InChI=1S/C15H17ClF3NO/c16-13-3-1-2-11(13)9-20-14(21)8-10-4-6-12(7-5-10)15(17,18)19/h4-7,11,13H,1-3,8-9H2,(H,20,21). The fourth-order valence-corrected chi connectivity index (χ4v) is 2.90. The van der Waals surface area contributed by atoms with Crippen LogP contribution in [-0.2, 0) is 17.4 Å². The zero-order chi connectivity index (χ0) is 15.5. The molecule has 21 heavy (non-hydrogen) atoms. The molecule has 0 aromatic heterocycles. The molecule has 2 nitrogen and oxygen atoms in total. The van der Waals surface area contributed by atoms with Crippen LogP contribution in [-0.4, -0.2) is 17.8 Å². The van der Waals surface area contributed by atoms with Gasteiger partial charge in [-0.15, -0.1) is 11.6 Å². The van der Waals surface area contributed by atoms with Gasteiger partial charge in [-0.25, -0.2) is 0 Å². The SMILES string of the molecule is O=C(Cc1ccc(C(F)(F)F)cc1)NCC1CCCC1Cl. The Morgan fingerprint density at radius 3 is 2.43 bits per heavy atom. The number of amides is 1. The number of hydrogen-bond donors (Lipinski definition) is 1. The minimum Gasteiger partial charge on any atom is -0.355 e. The van der Waals surface area contributed by atoms with Crippen LogP contribution in [0.3, 0.4) is 0 Å². The maximum absolute atomic E-state index is 12.4. The first-order valence-electron chi connectivity index (χ1n) is 6.93. The predicted octanol–water partition coefficient (Wildman–Crippen LogP) is 3.77. The molecule has 0 saturated heterocycles. The normalized spacial score (nSPS) is 22.3. The van der Waals surface area contributed by atoms with Crippen LogP contribution >= 0.6 is 11.6 Å². The van der Waals surface area contributed by atoms with Crippen LogP contribution in [0.25, 0.3) is 0 Å². The molecule has 0 radical (unpaired) electrons. The highest BCUT2D eigenvalue weighted by Gasteiger charge is 2.30. The molecule has 1 N–H and O–H groups in total. The van der Waals surface area contributed by atoms with Gasteiger partial charge in [0, 0.05) is 11.9 Å². The van der Waals surface area contributed by atoms with Gasteiger partial charge >= 0.3 is 6.18 Å². The van der Waals surface area contributed by atoms with E-state index in [1.807, 2.05) is 0 Å². The lowest BCUT2D eigenvalue weighted by Crippen LogP contribution is -2.32. The molecule has 0 spiro atoms. The van der Waals surface area contributed by atoms with Crippen molar-refractivity contribution in [2.24, 2.45) is 5.92 Å². The van der Waals surface area contributed by atoms with Crippen molar-refractivity contribution in [3.8, 4) is 0 Å². The first-order chi connectivity index (χ1) is 9.86. The van der Waals surface area contributed by atoms with E-state index in [-0.39, 0.29) is 17.7 Å². The number of rotatable bonds is 4. The average Bonchev–Trinajstić information content (AvgIpc) is 2.81. The van der Waals surface area contributed by atoms with Gasteiger partial charge in [-0.1, -0.05) is 18.6 Å². The van der Waals surface area contributed by atoms with Crippen molar-refractivity contribution in [3.63, 3.8) is 0 Å². The van der Waals surface area contributed by atoms with E-state index in [0.717, 1.165) is 31.4 Å². The summed E-state index contributed by atoms with van der Waals surface area (Å²) in [5, 5.41) is 2.91. The highest BCUT2D eigenvalue weighted by Crippen LogP contribution is 2.30. The molecule has 1 fully saturated rings. The van der Waals surface area contributed by atoms with Gasteiger partial charge < -0.3 is 5.32 Å². The summed E-state index contributed by atoms with van der Waals surface area (Å²) in [6.45, 7) is 0.535. The molecular weight excluding hydrogens is 303 g/mol. The van der Waals surface area contributed by atoms with E-state index in [9.17, 15) is 18.0 Å². The van der Waals surface area contributed by atoms with Gasteiger partial charge in [0.25, 0.3) is 0 Å². The molecule has 1 aromatic rings. The van der Waals surface area contributed by atoms with E-state index in [2.05, 4.69) is 5.32 Å². The molecule has 0 heterocycles. The Labute approximate surface area is 126 Å². The summed E-state index contributed by atoms with van der Waals surface area (Å²) < 4.78 is 37.3. The number of nitrogens with one attached hydrogen (secondary N) is 1. The topological polar surface area (TPSA) is 29.1 Å². The minimum absolute atomic E-state index is 0.0812. The molecule has 2 atom stereocenters. The predicted molar refractivity (Wildman–Crippen MR) is 75.1 cm³/mol. The van der Waals surface area contributed by atoms with Crippen molar-refractivity contribution in [2.75, 3.05) is 6.54 Å². The van der Waals surface area contributed by atoms with E-state index >= 15 is 0 Å². The van der Waals surface area contributed by atoms with Crippen molar-refractivity contribution >= 4 is 17.5 Å². The Hall–Kier alpha value is -1.23. The minimum atomic E-state index is -4.35. The average molecular weight is 320 g/mol. The Balaban J connectivity index is 1.82. The molecule has 1 amide bonds. The van der Waals surface area contributed by atoms with Crippen molar-refractivity contribution in [3.05, 3.63) is 35.4 Å². The zero-order valence-corrected chi connectivity index (χ0v) is 12.2. The van der Waals surface area contributed by atoms with Crippen LogP contribution in [0.2, 0.25) is 0 Å². The van der Waals surface area contributed by atoms with Crippen LogP contribution in [0.1, 0.15) is 30.4 Å². The summed E-state index contributed by atoms with van der Waals surface area (Å²) in [6.07, 6.45) is -1.21. The second kappa shape index (κ2) is 6.69. The summed E-state index contributed by atoms with van der Waals surface area (Å²) >= 11 is 6.12. The Bertz CT molecular complexity index is 487. The van der Waals surface area contributed by atoms with Crippen LogP contribution in [0.15, 0.2) is 24.3 Å². The molecule has 0 bridgehead atoms. The van der Waals surface area contributed by atoms with Gasteiger partial charge in [-0.2, -0.15) is 13.2 Å². The van der Waals surface area contributed by atoms with Crippen LogP contribution < -0.4 is 5.32 Å². The number of hydrogen-bond acceptors (Lipinski definition) is 1. The maximum atomic E-state index is 12.4. The molecule has 6 heteroatoms. The Kier molecular flexibility index (Phi) is 5.14. The van der Waals surface area contributed by atoms with E-state index in [0.29, 0.717) is 18.0 Å². The maximum Gasteiger partial charge on any atom is 0.416 e. The quantitative estimate of drug-likeness (QED) is 0.841. The van der Waals surface area contributed by atoms with E-state index in [1.165, 1.54) is 12.1 Å². The molecule has 1 aliphatic carbocycles. The number of carbonyl (C=O) groups excluding carboxylic acids is 1. The monoisotopic (exact) mass is 319 g/mol. The molecule has 2 unspecified atom stereocenters. The first kappa shape index (κ1) is 16.1. The lowest BCUT2D eigenvalue weighted by atomic mass is 10.1. The Morgan fingerprint density at radius 2 is 1.90 bits per heavy atom. The molecule has 1 aromatic carbocycles. The van der Waals surface area contributed by atoms with E-state index < -0.39 is 11.7 Å². The molecule has 2 rings (SSSR count). The van der Waals surface area contributed by atoms with Gasteiger partial charge in [0.1, 0.15) is 0 Å². The summed E-state index contributed by atoms with van der Waals surface area (Å²) in [6, 6.07) is 4.66. The summed E-state index contributed by atoms with van der Waals surface area (Å²) in [7, 11) is 0. The van der Waals surface area contributed by atoms with Crippen molar-refractivity contribution in [1.29, 1.82) is 0 Å². The second-order valence-electron chi connectivity index (χ2n) is 5.38. The van der Waals surface area contributed by atoms with Crippen LogP contribution in [0, 0.1) is 5.92 Å². The summed E-state index contributed by atoms with van der Waals surface area (Å²) in [5.41, 5.74) is -0.142. The lowest BCUT2D eigenvalue weighted by molar-refractivity contribution is -0.137. The van der Waals surface area contributed by atoms with Gasteiger partial charge in [0.05, 0.1) is 12.0 Å². The number of carbonyl (C=O) groups is 1. The van der Waals surface area contributed by atoms with Crippen molar-refractivity contribution in [1.82, 2.24) is 5.32 Å². The first-order valence-corrected chi connectivity index (χ1v) is 7.37. The number of benzene rings is 1. The summed E-state index contributed by atoms with van der Waals surface area (Å²) in [5.74, 6) is 0.105. The molecular formula is C15H17ClF3NO. The zero-order valence-electron chi connectivity index (χ0n) is 11.4. The fraction of sp³-hybridized carbons (Fsp3) is 0.533. The number of alkyl halides is 4. The fourth-order valence-electron chi connectivity index (χ4n) is 2.53. The van der Waals surface area contributed by atoms with Crippen LogP contribution in [0.4, 0.5) is 13.2 Å². The lowest BCUT2D eigenvalue weighted by Gasteiger charge is -2.14. The highest BCUT2D eigenvalue weighted by molar-refractivity contribution is 6.20. The third kappa shape index (κ3) is 4.63. The third-order valence-electron chi connectivity index (χ3n) is 3.77. The smallest absolute Gasteiger partial charge is 0.355 e. The summed E-state index contributed by atoms with van der Waals surface area (Å²) in [4.78, 5) is 11.8. The highest BCUT2D eigenvalue weighted by atomic mass is 35.5. The van der Waals surface area contributed by atoms with E-state index in [1.54, 1.807) is 0 Å². The molecule has 116 valence electrons. The third-order valence-corrected chi connectivity index (χ3v) is 4.35. The number of halogens is 4. The van der Waals surface area contributed by atoms with Gasteiger partial charge in [0.2, 0.25) is 5.91 Å². The molecule has 0 aliphatic heterocycles. The van der Waals surface area contributed by atoms with E-state index in [4.69, 9.17) is 11.6 Å². The Morgan fingerprint density at radius 1 is 1.24 bits per heavy atom. The van der Waals surface area contributed by atoms with Crippen molar-refractivity contribution in [2.45, 2.75) is 37.2 Å². The van der Waals surface area contributed by atoms with Crippen LogP contribution in [0.5, 0.6) is 0 Å². The molecule has 1 aliphatic rings. The van der Waals surface area contributed by atoms with Gasteiger partial charge in [-0.05, 0) is 36.5 Å². The largest absolute Gasteiger partial charge is 0.416 e.